The Balaban J connectivity index is 1.70. The molecule has 0 bridgehead atoms. The Morgan fingerprint density at radius 3 is 2.07 bits per heavy atom. The van der Waals surface area contributed by atoms with E-state index in [0.717, 1.165) is 11.3 Å². The minimum Gasteiger partial charge on any atom is -0.322 e. The van der Waals surface area contributed by atoms with Gasteiger partial charge in [-0.3, -0.25) is 4.79 Å². The summed E-state index contributed by atoms with van der Waals surface area (Å²) in [5.41, 5.74) is 3.01. The summed E-state index contributed by atoms with van der Waals surface area (Å²) in [7, 11) is -3.80. The highest BCUT2D eigenvalue weighted by Crippen LogP contribution is 2.25. The number of hydrogen-bond acceptors (Lipinski definition) is 4. The van der Waals surface area contributed by atoms with E-state index in [9.17, 15) is 13.2 Å². The number of anilines is 1. The molecule has 0 atom stereocenters. The first-order chi connectivity index (χ1) is 14.4. The van der Waals surface area contributed by atoms with Gasteiger partial charge in [0.25, 0.3) is 5.91 Å². The molecule has 1 heterocycles. The molecule has 0 spiro atoms. The molecule has 0 radical (unpaired) electrons. The third-order valence-corrected chi connectivity index (χ3v) is 5.40. The Hall–Kier alpha value is -3.75. The maximum atomic E-state index is 13.0. The third kappa shape index (κ3) is 4.14. The Morgan fingerprint density at radius 2 is 1.47 bits per heavy atom. The number of primary sulfonamides is 1. The number of sulfonamides is 1. The molecule has 1 amide bonds. The van der Waals surface area contributed by atoms with Gasteiger partial charge in [-0.2, -0.15) is 5.10 Å². The van der Waals surface area contributed by atoms with Crippen molar-refractivity contribution >= 4 is 21.6 Å². The maximum absolute atomic E-state index is 13.0. The van der Waals surface area contributed by atoms with E-state index in [0.29, 0.717) is 16.9 Å². The van der Waals surface area contributed by atoms with Crippen LogP contribution in [0.1, 0.15) is 10.4 Å². The zero-order valence-electron chi connectivity index (χ0n) is 15.8. The van der Waals surface area contributed by atoms with Crippen molar-refractivity contribution in [3.63, 3.8) is 0 Å². The summed E-state index contributed by atoms with van der Waals surface area (Å²) in [6, 6.07) is 24.6. The second-order valence-corrected chi connectivity index (χ2v) is 8.12. The predicted molar refractivity (Wildman–Crippen MR) is 115 cm³/mol. The van der Waals surface area contributed by atoms with Crippen molar-refractivity contribution in [3.8, 4) is 16.9 Å². The van der Waals surface area contributed by atoms with E-state index in [4.69, 9.17) is 5.14 Å². The van der Waals surface area contributed by atoms with Crippen molar-refractivity contribution in [3.05, 3.63) is 96.7 Å². The molecule has 1 aromatic heterocycles. The molecular formula is C22H18N4O3S. The van der Waals surface area contributed by atoms with Crippen LogP contribution in [0.2, 0.25) is 0 Å². The second kappa shape index (κ2) is 7.94. The van der Waals surface area contributed by atoms with Gasteiger partial charge < -0.3 is 5.32 Å². The van der Waals surface area contributed by atoms with Crippen LogP contribution in [0.3, 0.4) is 0 Å². The zero-order chi connectivity index (χ0) is 21.1. The molecule has 8 heteroatoms. The molecule has 0 aliphatic heterocycles. The van der Waals surface area contributed by atoms with Gasteiger partial charge in [0.05, 0.1) is 16.1 Å². The van der Waals surface area contributed by atoms with Gasteiger partial charge in [0.15, 0.2) is 0 Å². The number of nitrogens with one attached hydrogen (secondary N) is 1. The van der Waals surface area contributed by atoms with E-state index >= 15 is 0 Å². The SMILES string of the molecule is NS(=O)(=O)c1ccc(NC(=O)c2cn(-c3ccccc3)nc2-c2ccccc2)cc1. The highest BCUT2D eigenvalue weighted by molar-refractivity contribution is 7.89. The second-order valence-electron chi connectivity index (χ2n) is 6.56. The van der Waals surface area contributed by atoms with E-state index < -0.39 is 10.0 Å². The van der Waals surface area contributed by atoms with Crippen molar-refractivity contribution in [1.29, 1.82) is 0 Å². The van der Waals surface area contributed by atoms with E-state index in [-0.39, 0.29) is 10.8 Å². The Labute approximate surface area is 173 Å². The van der Waals surface area contributed by atoms with Crippen LogP contribution < -0.4 is 10.5 Å². The number of benzene rings is 3. The third-order valence-electron chi connectivity index (χ3n) is 4.47. The molecule has 0 fully saturated rings. The van der Waals surface area contributed by atoms with Crippen LogP contribution in [-0.2, 0) is 10.0 Å². The van der Waals surface area contributed by atoms with Gasteiger partial charge in [-0.15, -0.1) is 0 Å². The molecule has 4 rings (SSSR count). The first-order valence-corrected chi connectivity index (χ1v) is 10.6. The maximum Gasteiger partial charge on any atom is 0.259 e. The van der Waals surface area contributed by atoms with Gasteiger partial charge >= 0.3 is 0 Å². The fraction of sp³-hybridized carbons (Fsp3) is 0. The summed E-state index contributed by atoms with van der Waals surface area (Å²) in [6.45, 7) is 0. The summed E-state index contributed by atoms with van der Waals surface area (Å²) in [5.74, 6) is -0.362. The van der Waals surface area contributed by atoms with Crippen molar-refractivity contribution < 1.29 is 13.2 Å². The van der Waals surface area contributed by atoms with Crippen LogP contribution in [0, 0.1) is 0 Å². The highest BCUT2D eigenvalue weighted by Gasteiger charge is 2.19. The van der Waals surface area contributed by atoms with E-state index in [2.05, 4.69) is 10.4 Å². The van der Waals surface area contributed by atoms with Crippen LogP contribution in [0.4, 0.5) is 5.69 Å². The van der Waals surface area contributed by atoms with Crippen LogP contribution in [0.25, 0.3) is 16.9 Å². The summed E-state index contributed by atoms with van der Waals surface area (Å²) in [4.78, 5) is 13.0. The fourth-order valence-corrected chi connectivity index (χ4v) is 3.50. The summed E-state index contributed by atoms with van der Waals surface area (Å²) >= 11 is 0. The van der Waals surface area contributed by atoms with Crippen molar-refractivity contribution in [2.45, 2.75) is 4.90 Å². The van der Waals surface area contributed by atoms with Gasteiger partial charge in [0.2, 0.25) is 10.0 Å². The van der Waals surface area contributed by atoms with E-state index in [1.165, 1.54) is 24.3 Å². The van der Waals surface area contributed by atoms with Crippen LogP contribution in [0.15, 0.2) is 96.0 Å². The van der Waals surface area contributed by atoms with Gasteiger partial charge in [-0.25, -0.2) is 18.2 Å². The lowest BCUT2D eigenvalue weighted by molar-refractivity contribution is 0.102. The number of amides is 1. The largest absolute Gasteiger partial charge is 0.322 e. The molecule has 0 unspecified atom stereocenters. The van der Waals surface area contributed by atoms with Crippen LogP contribution in [-0.4, -0.2) is 24.1 Å². The number of rotatable bonds is 5. The molecule has 3 aromatic carbocycles. The number of nitrogens with zero attached hydrogens (tertiary/aromatic N) is 2. The van der Waals surface area contributed by atoms with Crippen LogP contribution in [0.5, 0.6) is 0 Å². The van der Waals surface area contributed by atoms with Gasteiger partial charge in [-0.1, -0.05) is 48.5 Å². The van der Waals surface area contributed by atoms with E-state index in [1.807, 2.05) is 60.7 Å². The average molecular weight is 418 g/mol. The number of nitrogens with two attached hydrogens (primary N) is 1. The quantitative estimate of drug-likeness (QED) is 0.518. The number of hydrogen-bond donors (Lipinski definition) is 2. The Kier molecular flexibility index (Phi) is 5.18. The lowest BCUT2D eigenvalue weighted by Crippen LogP contribution is -2.14. The van der Waals surface area contributed by atoms with Crippen LogP contribution >= 0.6 is 0 Å². The monoisotopic (exact) mass is 418 g/mol. The standard InChI is InChI=1S/C22H18N4O3S/c23-30(28,29)19-13-11-17(12-14-19)24-22(27)20-15-26(18-9-5-2-6-10-18)25-21(20)16-7-3-1-4-8-16/h1-15H,(H,24,27)(H2,23,28,29). The minimum atomic E-state index is -3.80. The van der Waals surface area contributed by atoms with Crippen molar-refractivity contribution in [2.24, 2.45) is 5.14 Å². The minimum absolute atomic E-state index is 0.0256. The molecule has 3 N–H and O–H groups in total. The Morgan fingerprint density at radius 1 is 0.867 bits per heavy atom. The lowest BCUT2D eigenvalue weighted by atomic mass is 10.1. The first-order valence-electron chi connectivity index (χ1n) is 9.06. The van der Waals surface area contributed by atoms with E-state index in [1.54, 1.807) is 10.9 Å². The topological polar surface area (TPSA) is 107 Å². The van der Waals surface area contributed by atoms with Gasteiger partial charge in [0.1, 0.15) is 5.69 Å². The number of carbonyl (C=O) groups excluding carboxylic acids is 1. The molecule has 0 aliphatic carbocycles. The normalized spacial score (nSPS) is 11.2. The number of para-hydroxylation sites is 1. The van der Waals surface area contributed by atoms with Crippen molar-refractivity contribution in [1.82, 2.24) is 9.78 Å². The summed E-state index contributed by atoms with van der Waals surface area (Å²) < 4.78 is 24.5. The molecule has 7 nitrogen and oxygen atoms in total. The Bertz CT molecular complexity index is 1280. The van der Waals surface area contributed by atoms with Gasteiger partial charge in [-0.05, 0) is 36.4 Å². The molecule has 0 saturated carbocycles. The smallest absolute Gasteiger partial charge is 0.259 e. The first kappa shape index (κ1) is 19.6. The molecule has 0 saturated heterocycles. The molecule has 150 valence electrons. The molecule has 0 aliphatic rings. The summed E-state index contributed by atoms with van der Waals surface area (Å²) in [5, 5.41) is 12.5. The highest BCUT2D eigenvalue weighted by atomic mass is 32.2. The summed E-state index contributed by atoms with van der Waals surface area (Å²) in [6.07, 6.45) is 1.67. The zero-order valence-corrected chi connectivity index (χ0v) is 16.6. The molecule has 4 aromatic rings. The lowest BCUT2D eigenvalue weighted by Gasteiger charge is -2.06. The number of aromatic nitrogens is 2. The molecular weight excluding hydrogens is 400 g/mol. The predicted octanol–water partition coefficient (Wildman–Crippen LogP) is 3.44. The fourth-order valence-electron chi connectivity index (χ4n) is 2.99. The van der Waals surface area contributed by atoms with Gasteiger partial charge in [0, 0.05) is 17.4 Å². The molecule has 30 heavy (non-hydrogen) atoms. The average Bonchev–Trinajstić information content (AvgIpc) is 3.20. The van der Waals surface area contributed by atoms with Crippen molar-refractivity contribution in [2.75, 3.05) is 5.32 Å². The number of carbonyl (C=O) groups is 1.